The number of thiophene rings is 1. The molecular weight excluding hydrogens is 368 g/mol. The van der Waals surface area contributed by atoms with Gasteiger partial charge >= 0.3 is 0 Å². The largest absolute Gasteiger partial charge is 0.467 e. The molecule has 126 valence electrons. The van der Waals surface area contributed by atoms with Crippen molar-refractivity contribution in [3.8, 4) is 0 Å². The van der Waals surface area contributed by atoms with Crippen LogP contribution >= 0.6 is 23.6 Å². The Morgan fingerprint density at radius 2 is 2.21 bits per heavy atom. The Labute approximate surface area is 148 Å². The Bertz CT molecular complexity index is 891. The molecule has 3 rings (SSSR count). The lowest BCUT2D eigenvalue weighted by atomic mass is 10.0. The second kappa shape index (κ2) is 6.50. The third-order valence-corrected chi connectivity index (χ3v) is 6.33. The molecule has 2 heterocycles. The van der Waals surface area contributed by atoms with Crippen molar-refractivity contribution in [2.75, 3.05) is 5.32 Å². The van der Waals surface area contributed by atoms with Crippen LogP contribution in [-0.2, 0) is 21.2 Å². The molecule has 1 aliphatic rings. The van der Waals surface area contributed by atoms with Gasteiger partial charge in [0.1, 0.15) is 10.3 Å². The molecule has 0 spiro atoms. The Morgan fingerprint density at radius 1 is 1.42 bits per heavy atom. The number of ether oxygens (including phenoxy) is 1. The topological polar surface area (TPSA) is 84.5 Å². The third kappa shape index (κ3) is 3.58. The van der Waals surface area contributed by atoms with Crippen LogP contribution in [0.2, 0.25) is 0 Å². The first-order chi connectivity index (χ1) is 11.3. The summed E-state index contributed by atoms with van der Waals surface area (Å²) in [5, 5.41) is 4.86. The predicted molar refractivity (Wildman–Crippen MR) is 95.9 cm³/mol. The average Bonchev–Trinajstić information content (AvgIpc) is 2.98. The van der Waals surface area contributed by atoms with Crippen LogP contribution in [0.4, 0.5) is 5.69 Å². The molecule has 1 aromatic carbocycles. The molecule has 24 heavy (non-hydrogen) atoms. The molecule has 1 unspecified atom stereocenters. The number of hydrogen-bond donors (Lipinski definition) is 2. The van der Waals surface area contributed by atoms with Crippen molar-refractivity contribution in [1.29, 1.82) is 0 Å². The fraction of sp³-hybridized carbons (Fsp3) is 0.200. The number of carbonyl (C=O) groups is 1. The van der Waals surface area contributed by atoms with E-state index >= 15 is 0 Å². The quantitative estimate of drug-likeness (QED) is 0.794. The molecule has 0 radical (unpaired) electrons. The van der Waals surface area contributed by atoms with Crippen LogP contribution in [0.5, 0.6) is 0 Å². The molecule has 0 bridgehead atoms. The molecule has 2 N–H and O–H groups in total. The maximum absolute atomic E-state index is 12.3. The number of benzene rings is 1. The molecule has 0 fully saturated rings. The maximum Gasteiger partial charge on any atom is 0.273 e. The van der Waals surface area contributed by atoms with Gasteiger partial charge in [0.15, 0.2) is 0 Å². The van der Waals surface area contributed by atoms with Gasteiger partial charge in [0.25, 0.3) is 21.1 Å². The van der Waals surface area contributed by atoms with Crippen LogP contribution in [0.1, 0.15) is 22.8 Å². The Morgan fingerprint density at radius 3 is 2.92 bits per heavy atom. The van der Waals surface area contributed by atoms with Gasteiger partial charge in [-0.05, 0) is 54.4 Å². The van der Waals surface area contributed by atoms with Crippen LogP contribution in [0.3, 0.4) is 0 Å². The monoisotopic (exact) mass is 382 g/mol. The number of rotatable bonds is 3. The highest BCUT2D eigenvalue weighted by molar-refractivity contribution is 7.92. The number of nitrogens with one attached hydrogen (secondary N) is 2. The van der Waals surface area contributed by atoms with Crippen LogP contribution in [-0.4, -0.2) is 25.6 Å². The summed E-state index contributed by atoms with van der Waals surface area (Å²) in [6, 6.07) is 7.94. The van der Waals surface area contributed by atoms with Crippen molar-refractivity contribution in [1.82, 2.24) is 4.72 Å². The summed E-state index contributed by atoms with van der Waals surface area (Å²) in [5.74, 6) is -0.674. The van der Waals surface area contributed by atoms with Gasteiger partial charge in [-0.1, -0.05) is 6.07 Å². The first-order valence-electron chi connectivity index (χ1n) is 7.06. The van der Waals surface area contributed by atoms with E-state index in [1.54, 1.807) is 29.6 Å². The number of amides is 1. The Kier molecular flexibility index (Phi) is 4.57. The SMILES string of the molecule is CC1Cc2cc(C(=O)NS(=O)(=O)c3cccs3)ccc2NC(=S)O1. The van der Waals surface area contributed by atoms with Crippen LogP contribution in [0.15, 0.2) is 39.9 Å². The number of fused-ring (bicyclic) bond motifs is 1. The van der Waals surface area contributed by atoms with Crippen molar-refractivity contribution >= 4 is 50.3 Å². The highest BCUT2D eigenvalue weighted by Gasteiger charge is 2.22. The number of anilines is 1. The highest BCUT2D eigenvalue weighted by Crippen LogP contribution is 2.24. The molecule has 9 heteroatoms. The minimum Gasteiger partial charge on any atom is -0.467 e. The predicted octanol–water partition coefficient (Wildman–Crippen LogP) is 2.52. The summed E-state index contributed by atoms with van der Waals surface area (Å²) in [7, 11) is -3.85. The standard InChI is InChI=1S/C15H14N2O4S3/c1-9-7-11-8-10(4-5-12(11)16-15(22)21-9)14(18)17-24(19,20)13-3-2-6-23-13/h2-6,8-9H,7H2,1H3,(H,16,22)(H,17,18). The lowest BCUT2D eigenvalue weighted by Crippen LogP contribution is -2.30. The van der Waals surface area contributed by atoms with Gasteiger partial charge in [-0.25, -0.2) is 13.1 Å². The zero-order valence-electron chi connectivity index (χ0n) is 12.6. The van der Waals surface area contributed by atoms with E-state index in [1.165, 1.54) is 6.07 Å². The average molecular weight is 382 g/mol. The minimum absolute atomic E-state index is 0.0969. The van der Waals surface area contributed by atoms with Gasteiger partial charge in [-0.15, -0.1) is 11.3 Å². The van der Waals surface area contributed by atoms with E-state index in [2.05, 4.69) is 10.0 Å². The van der Waals surface area contributed by atoms with Crippen molar-refractivity contribution in [2.24, 2.45) is 0 Å². The molecule has 6 nitrogen and oxygen atoms in total. The van der Waals surface area contributed by atoms with E-state index in [-0.39, 0.29) is 21.1 Å². The maximum atomic E-state index is 12.3. The fourth-order valence-electron chi connectivity index (χ4n) is 2.35. The Balaban J connectivity index is 1.85. The van der Waals surface area contributed by atoms with Crippen LogP contribution < -0.4 is 10.0 Å². The van der Waals surface area contributed by atoms with Crippen molar-refractivity contribution in [3.05, 3.63) is 46.8 Å². The highest BCUT2D eigenvalue weighted by atomic mass is 32.2. The molecular formula is C15H14N2O4S3. The van der Waals surface area contributed by atoms with Gasteiger partial charge in [-0.2, -0.15) is 0 Å². The van der Waals surface area contributed by atoms with Gasteiger partial charge in [0.2, 0.25) is 0 Å². The second-order valence-corrected chi connectivity index (χ2v) is 8.51. The number of sulfonamides is 1. The third-order valence-electron chi connectivity index (χ3n) is 3.41. The van der Waals surface area contributed by atoms with E-state index in [9.17, 15) is 13.2 Å². The summed E-state index contributed by atoms with van der Waals surface area (Å²) < 4.78 is 31.9. The number of thiocarbonyl (C=S) groups is 1. The summed E-state index contributed by atoms with van der Waals surface area (Å²) >= 11 is 6.11. The summed E-state index contributed by atoms with van der Waals surface area (Å²) in [6.45, 7) is 1.87. The normalized spacial score (nSPS) is 17.2. The summed E-state index contributed by atoms with van der Waals surface area (Å²) in [6.07, 6.45) is 0.417. The molecule has 0 saturated heterocycles. The smallest absolute Gasteiger partial charge is 0.273 e. The lowest BCUT2D eigenvalue weighted by molar-refractivity contribution is 0.0981. The fourth-order valence-corrected chi connectivity index (χ4v) is 4.59. The molecule has 1 atom stereocenters. The lowest BCUT2D eigenvalue weighted by Gasteiger charge is -2.10. The molecule has 0 aliphatic carbocycles. The Hall–Kier alpha value is -1.97. The molecule has 2 aromatic rings. The van der Waals surface area contributed by atoms with E-state index in [4.69, 9.17) is 17.0 Å². The van der Waals surface area contributed by atoms with Crippen molar-refractivity contribution < 1.29 is 17.9 Å². The zero-order chi connectivity index (χ0) is 17.3. The molecule has 1 aromatic heterocycles. The minimum atomic E-state index is -3.85. The number of carbonyl (C=O) groups excluding carboxylic acids is 1. The van der Waals surface area contributed by atoms with Crippen molar-refractivity contribution in [2.45, 2.75) is 23.7 Å². The van der Waals surface area contributed by atoms with Crippen LogP contribution in [0, 0.1) is 0 Å². The van der Waals surface area contributed by atoms with Crippen molar-refractivity contribution in [3.63, 3.8) is 0 Å². The zero-order valence-corrected chi connectivity index (χ0v) is 15.1. The van der Waals surface area contributed by atoms with Gasteiger partial charge < -0.3 is 10.1 Å². The van der Waals surface area contributed by atoms with E-state index < -0.39 is 15.9 Å². The van der Waals surface area contributed by atoms with E-state index in [1.807, 2.05) is 6.92 Å². The number of hydrogen-bond acceptors (Lipinski definition) is 6. The molecule has 1 amide bonds. The van der Waals surface area contributed by atoms with E-state index in [0.29, 0.717) is 6.42 Å². The van der Waals surface area contributed by atoms with Crippen LogP contribution in [0.25, 0.3) is 0 Å². The second-order valence-electron chi connectivity index (χ2n) is 5.28. The first-order valence-corrected chi connectivity index (χ1v) is 9.83. The van der Waals surface area contributed by atoms with Gasteiger partial charge in [0, 0.05) is 17.7 Å². The van der Waals surface area contributed by atoms with E-state index in [0.717, 1.165) is 22.6 Å². The first kappa shape index (κ1) is 16.9. The summed E-state index contributed by atoms with van der Waals surface area (Å²) in [4.78, 5) is 12.3. The van der Waals surface area contributed by atoms with Gasteiger partial charge in [-0.3, -0.25) is 4.79 Å². The molecule has 1 aliphatic heterocycles. The summed E-state index contributed by atoms with van der Waals surface area (Å²) in [5.41, 5.74) is 1.85. The molecule has 0 saturated carbocycles. The van der Waals surface area contributed by atoms with Gasteiger partial charge in [0.05, 0.1) is 0 Å².